The number of aryl methyl sites for hydroxylation is 1. The quantitative estimate of drug-likeness (QED) is 0.344. The number of hydrogen-bond acceptors (Lipinski definition) is 5. The van der Waals surface area contributed by atoms with Crippen molar-refractivity contribution < 1.29 is 22.7 Å². The number of ether oxygens (including phenoxy) is 1. The van der Waals surface area contributed by atoms with Crippen LogP contribution in [0.3, 0.4) is 0 Å². The lowest BCUT2D eigenvalue weighted by atomic mass is 10.1. The Balaban J connectivity index is 1.66. The fourth-order valence-electron chi connectivity index (χ4n) is 3.77. The number of anilines is 1. The Kier molecular flexibility index (Phi) is 8.56. The van der Waals surface area contributed by atoms with E-state index in [1.165, 1.54) is 12.1 Å². The molecule has 0 unspecified atom stereocenters. The highest BCUT2D eigenvalue weighted by molar-refractivity contribution is 7.17. The lowest BCUT2D eigenvalue weighted by molar-refractivity contribution is -0.137. The van der Waals surface area contributed by atoms with Gasteiger partial charge in [-0.1, -0.05) is 18.2 Å². The molecule has 2 aromatic carbocycles. The summed E-state index contributed by atoms with van der Waals surface area (Å²) in [7, 11) is 0. The molecule has 3 rings (SSSR count). The minimum atomic E-state index is -4.40. The molecule has 1 aromatic heterocycles. The summed E-state index contributed by atoms with van der Waals surface area (Å²) in [5, 5.41) is 3.35. The zero-order valence-corrected chi connectivity index (χ0v) is 21.3. The maximum absolute atomic E-state index is 12.9. The van der Waals surface area contributed by atoms with E-state index in [1.807, 2.05) is 6.07 Å². The van der Waals surface area contributed by atoms with Crippen LogP contribution in [0.4, 0.5) is 18.9 Å². The first-order chi connectivity index (χ1) is 16.5. The Bertz CT molecular complexity index is 1130. The van der Waals surface area contributed by atoms with Gasteiger partial charge in [-0.3, -0.25) is 9.69 Å². The molecule has 35 heavy (non-hydrogen) atoms. The Morgan fingerprint density at radius 3 is 2.34 bits per heavy atom. The van der Waals surface area contributed by atoms with E-state index in [4.69, 9.17) is 4.74 Å². The third-order valence-corrected chi connectivity index (χ3v) is 6.70. The molecule has 9 heteroatoms. The van der Waals surface area contributed by atoms with Gasteiger partial charge in [-0.2, -0.15) is 13.2 Å². The van der Waals surface area contributed by atoms with Crippen molar-refractivity contribution in [3.63, 3.8) is 0 Å². The van der Waals surface area contributed by atoms with Gasteiger partial charge < -0.3 is 10.1 Å². The number of amides is 1. The highest BCUT2D eigenvalue weighted by Crippen LogP contribution is 2.33. The van der Waals surface area contributed by atoms with Gasteiger partial charge in [0, 0.05) is 35.9 Å². The molecule has 0 aliphatic carbocycles. The first kappa shape index (κ1) is 26.7. The molecular weight excluding hydrogens is 475 g/mol. The number of aromatic nitrogens is 1. The van der Waals surface area contributed by atoms with Crippen LogP contribution in [0.15, 0.2) is 48.5 Å². The highest BCUT2D eigenvalue weighted by atomic mass is 32.1. The number of halogens is 3. The highest BCUT2D eigenvalue weighted by Gasteiger charge is 2.30. The summed E-state index contributed by atoms with van der Waals surface area (Å²) >= 11 is 1.14. The fraction of sp³-hybridized carbons (Fsp3) is 0.385. The normalized spacial score (nSPS) is 12.0. The molecule has 0 aliphatic heterocycles. The van der Waals surface area contributed by atoms with Gasteiger partial charge in [0.05, 0.1) is 11.3 Å². The number of hydrogen-bond donors (Lipinski definition) is 1. The lowest BCUT2D eigenvalue weighted by Crippen LogP contribution is -2.39. The summed E-state index contributed by atoms with van der Waals surface area (Å²) < 4.78 is 44.4. The first-order valence-corrected chi connectivity index (χ1v) is 12.2. The van der Waals surface area contributed by atoms with Crippen molar-refractivity contribution in [3.05, 3.63) is 64.7 Å². The monoisotopic (exact) mass is 505 g/mol. The maximum Gasteiger partial charge on any atom is 0.416 e. The standard InChI is InChI=1S/C26H30F3N3O2S/c1-16(2)32(17(3)4)13-14-34-22-8-6-7-21(15-22)31-24(33)23-18(5)30-25(35-23)19-9-11-20(12-10-19)26(27,28)29/h6-12,15-17H,13-14H2,1-5H3,(H,31,33). The molecule has 0 saturated heterocycles. The molecule has 0 spiro atoms. The van der Waals surface area contributed by atoms with E-state index >= 15 is 0 Å². The molecule has 1 N–H and O–H groups in total. The first-order valence-electron chi connectivity index (χ1n) is 11.4. The Morgan fingerprint density at radius 1 is 1.09 bits per heavy atom. The molecule has 0 atom stereocenters. The molecule has 1 heterocycles. The number of carbonyl (C=O) groups is 1. The number of benzene rings is 2. The van der Waals surface area contributed by atoms with Gasteiger partial charge >= 0.3 is 6.18 Å². The average molecular weight is 506 g/mol. The van der Waals surface area contributed by atoms with Crippen molar-refractivity contribution in [2.75, 3.05) is 18.5 Å². The molecule has 188 valence electrons. The van der Waals surface area contributed by atoms with Crippen LogP contribution < -0.4 is 10.1 Å². The van der Waals surface area contributed by atoms with E-state index in [0.29, 0.717) is 51.3 Å². The number of thiazole rings is 1. The Labute approximate surface area is 208 Å². The van der Waals surface area contributed by atoms with Gasteiger partial charge in [-0.05, 0) is 58.9 Å². The van der Waals surface area contributed by atoms with Gasteiger partial charge in [0.25, 0.3) is 5.91 Å². The van der Waals surface area contributed by atoms with Crippen molar-refractivity contribution in [2.45, 2.75) is 52.9 Å². The summed E-state index contributed by atoms with van der Waals surface area (Å²) in [4.78, 5) is 20.0. The minimum absolute atomic E-state index is 0.332. The van der Waals surface area contributed by atoms with Crippen LogP contribution in [0.5, 0.6) is 5.75 Å². The molecule has 0 fully saturated rings. The summed E-state index contributed by atoms with van der Waals surface area (Å²) in [6.07, 6.45) is -4.40. The predicted molar refractivity (Wildman–Crippen MR) is 134 cm³/mol. The van der Waals surface area contributed by atoms with E-state index in [2.05, 4.69) is 42.9 Å². The number of rotatable bonds is 9. The van der Waals surface area contributed by atoms with Crippen molar-refractivity contribution in [2.24, 2.45) is 0 Å². The second-order valence-corrected chi connectivity index (χ2v) is 9.76. The summed E-state index contributed by atoms with van der Waals surface area (Å²) in [6, 6.07) is 12.8. The van der Waals surface area contributed by atoms with E-state index in [9.17, 15) is 18.0 Å². The summed E-state index contributed by atoms with van der Waals surface area (Å²) in [5.74, 6) is 0.322. The topological polar surface area (TPSA) is 54.5 Å². The van der Waals surface area contributed by atoms with Crippen molar-refractivity contribution in [3.8, 4) is 16.3 Å². The number of nitrogens with one attached hydrogen (secondary N) is 1. The number of nitrogens with zero attached hydrogens (tertiary/aromatic N) is 2. The van der Waals surface area contributed by atoms with E-state index in [0.717, 1.165) is 30.0 Å². The fourth-order valence-corrected chi connectivity index (χ4v) is 4.73. The van der Waals surface area contributed by atoms with Crippen LogP contribution in [-0.2, 0) is 6.18 Å². The largest absolute Gasteiger partial charge is 0.492 e. The number of alkyl halides is 3. The summed E-state index contributed by atoms with van der Waals surface area (Å²) in [5.41, 5.74) is 0.895. The van der Waals surface area contributed by atoms with Crippen molar-refractivity contribution >= 4 is 22.9 Å². The molecular formula is C26H30F3N3O2S. The lowest BCUT2D eigenvalue weighted by Gasteiger charge is -2.30. The van der Waals surface area contributed by atoms with E-state index in [-0.39, 0.29) is 5.91 Å². The third-order valence-electron chi connectivity index (χ3n) is 5.50. The second kappa shape index (κ2) is 11.2. The van der Waals surface area contributed by atoms with Crippen molar-refractivity contribution in [1.29, 1.82) is 0 Å². The molecule has 3 aromatic rings. The Hall–Kier alpha value is -2.91. The summed E-state index contributed by atoms with van der Waals surface area (Å²) in [6.45, 7) is 11.6. The SMILES string of the molecule is Cc1nc(-c2ccc(C(F)(F)F)cc2)sc1C(=O)Nc1cccc(OCCN(C(C)C)C(C)C)c1. The molecule has 1 amide bonds. The molecule has 0 bridgehead atoms. The van der Waals surface area contributed by atoms with Crippen LogP contribution >= 0.6 is 11.3 Å². The smallest absolute Gasteiger partial charge is 0.416 e. The van der Waals surface area contributed by atoms with Gasteiger partial charge in [0.1, 0.15) is 22.2 Å². The Morgan fingerprint density at radius 2 is 1.74 bits per heavy atom. The number of carbonyl (C=O) groups excluding carboxylic acids is 1. The predicted octanol–water partition coefficient (Wildman–Crippen LogP) is 6.89. The van der Waals surface area contributed by atoms with Gasteiger partial charge in [-0.25, -0.2) is 4.98 Å². The average Bonchev–Trinajstić information content (AvgIpc) is 3.17. The van der Waals surface area contributed by atoms with Crippen LogP contribution in [-0.4, -0.2) is 41.0 Å². The maximum atomic E-state index is 12.9. The molecule has 0 aliphatic rings. The van der Waals surface area contributed by atoms with Gasteiger partial charge in [0.15, 0.2) is 0 Å². The van der Waals surface area contributed by atoms with Crippen LogP contribution in [0.25, 0.3) is 10.6 Å². The molecule has 0 radical (unpaired) electrons. The molecule has 5 nitrogen and oxygen atoms in total. The second-order valence-electron chi connectivity index (χ2n) is 8.76. The molecule has 0 saturated carbocycles. The van der Waals surface area contributed by atoms with Gasteiger partial charge in [-0.15, -0.1) is 11.3 Å². The van der Waals surface area contributed by atoms with E-state index < -0.39 is 11.7 Å². The zero-order chi connectivity index (χ0) is 25.8. The van der Waals surface area contributed by atoms with Crippen LogP contribution in [0.1, 0.15) is 48.6 Å². The van der Waals surface area contributed by atoms with Gasteiger partial charge in [0.2, 0.25) is 0 Å². The third kappa shape index (κ3) is 7.05. The minimum Gasteiger partial charge on any atom is -0.492 e. The van der Waals surface area contributed by atoms with Crippen LogP contribution in [0.2, 0.25) is 0 Å². The van der Waals surface area contributed by atoms with Crippen molar-refractivity contribution in [1.82, 2.24) is 9.88 Å². The van der Waals surface area contributed by atoms with Crippen LogP contribution in [0, 0.1) is 6.92 Å². The zero-order valence-electron chi connectivity index (χ0n) is 20.4. The van der Waals surface area contributed by atoms with E-state index in [1.54, 1.807) is 25.1 Å².